The predicted molar refractivity (Wildman–Crippen MR) is 57.2 cm³/mol. The molecule has 0 bridgehead atoms. The number of Topliss-reactive ketones (excluding diaryl/α,β-unsaturated/α-hetero) is 1. The topological polar surface area (TPSA) is 17.1 Å². The molecule has 0 unspecified atom stereocenters. The Morgan fingerprint density at radius 3 is 2.25 bits per heavy atom. The standard InChI is InChI=1S/C9H16BrClO/c10-7-5-3-1-2-4-6-9(12)8-11/h1-8H2. The molecule has 0 N–H and O–H groups in total. The molecule has 0 amide bonds. The highest BCUT2D eigenvalue weighted by Crippen LogP contribution is 2.06. The molecule has 0 aromatic rings. The molecule has 0 aliphatic heterocycles. The van der Waals surface area contributed by atoms with E-state index < -0.39 is 0 Å². The van der Waals surface area contributed by atoms with Gasteiger partial charge < -0.3 is 0 Å². The van der Waals surface area contributed by atoms with Crippen molar-refractivity contribution in [3.05, 3.63) is 0 Å². The van der Waals surface area contributed by atoms with Crippen LogP contribution in [0.25, 0.3) is 0 Å². The van der Waals surface area contributed by atoms with Crippen molar-refractivity contribution >= 4 is 33.3 Å². The van der Waals surface area contributed by atoms with Crippen molar-refractivity contribution in [1.29, 1.82) is 0 Å². The Balaban J connectivity index is 2.95. The van der Waals surface area contributed by atoms with E-state index in [0.29, 0.717) is 6.42 Å². The van der Waals surface area contributed by atoms with Crippen LogP contribution in [0.5, 0.6) is 0 Å². The zero-order chi connectivity index (χ0) is 9.23. The highest BCUT2D eigenvalue weighted by molar-refractivity contribution is 9.09. The van der Waals surface area contributed by atoms with Gasteiger partial charge in [0.05, 0.1) is 5.88 Å². The number of hydrogen-bond acceptors (Lipinski definition) is 1. The van der Waals surface area contributed by atoms with Crippen LogP contribution in [-0.2, 0) is 4.79 Å². The second kappa shape index (κ2) is 9.53. The predicted octanol–water partition coefficient (Wildman–Crippen LogP) is 3.53. The molecular formula is C9H16BrClO. The number of alkyl halides is 2. The van der Waals surface area contributed by atoms with Crippen LogP contribution in [0.1, 0.15) is 38.5 Å². The number of rotatable bonds is 8. The first-order valence-electron chi connectivity index (χ1n) is 4.45. The average molecular weight is 256 g/mol. The van der Waals surface area contributed by atoms with Crippen LogP contribution in [0.2, 0.25) is 0 Å². The first-order valence-corrected chi connectivity index (χ1v) is 6.10. The van der Waals surface area contributed by atoms with Gasteiger partial charge in [0.15, 0.2) is 0 Å². The van der Waals surface area contributed by atoms with Crippen molar-refractivity contribution in [3.8, 4) is 0 Å². The third-order valence-electron chi connectivity index (χ3n) is 1.74. The normalized spacial score (nSPS) is 10.2. The van der Waals surface area contributed by atoms with Gasteiger partial charge in [-0.2, -0.15) is 0 Å². The maximum Gasteiger partial charge on any atom is 0.147 e. The molecular weight excluding hydrogens is 239 g/mol. The lowest BCUT2D eigenvalue weighted by molar-refractivity contribution is -0.116. The third-order valence-corrected chi connectivity index (χ3v) is 2.60. The molecule has 0 rings (SSSR count). The molecule has 72 valence electrons. The van der Waals surface area contributed by atoms with E-state index in [-0.39, 0.29) is 11.7 Å². The fourth-order valence-electron chi connectivity index (χ4n) is 1.01. The minimum absolute atomic E-state index is 0.178. The smallest absolute Gasteiger partial charge is 0.147 e. The van der Waals surface area contributed by atoms with Crippen LogP contribution in [-0.4, -0.2) is 17.0 Å². The Kier molecular flexibility index (Phi) is 9.88. The van der Waals surface area contributed by atoms with Gasteiger partial charge in [-0.05, 0) is 12.8 Å². The van der Waals surface area contributed by atoms with Gasteiger partial charge in [0.2, 0.25) is 0 Å². The van der Waals surface area contributed by atoms with Crippen molar-refractivity contribution in [1.82, 2.24) is 0 Å². The Hall–Kier alpha value is 0.440. The van der Waals surface area contributed by atoms with Crippen molar-refractivity contribution < 1.29 is 4.79 Å². The summed E-state index contributed by atoms with van der Waals surface area (Å²) in [5, 5.41) is 1.09. The van der Waals surface area contributed by atoms with E-state index in [9.17, 15) is 4.79 Å². The van der Waals surface area contributed by atoms with E-state index in [2.05, 4.69) is 15.9 Å². The second-order valence-corrected chi connectivity index (χ2v) is 3.94. The summed E-state index contributed by atoms with van der Waals surface area (Å²) in [5.41, 5.74) is 0. The molecule has 12 heavy (non-hydrogen) atoms. The molecule has 0 spiro atoms. The first-order chi connectivity index (χ1) is 5.81. The molecule has 0 saturated carbocycles. The van der Waals surface area contributed by atoms with Crippen molar-refractivity contribution in [2.24, 2.45) is 0 Å². The lowest BCUT2D eigenvalue weighted by Gasteiger charge is -1.98. The molecule has 0 aliphatic rings. The zero-order valence-corrected chi connectivity index (χ0v) is 9.66. The van der Waals surface area contributed by atoms with Crippen LogP contribution in [0.15, 0.2) is 0 Å². The summed E-state index contributed by atoms with van der Waals surface area (Å²) in [4.78, 5) is 10.8. The number of ketones is 1. The van der Waals surface area contributed by atoms with Crippen molar-refractivity contribution in [2.45, 2.75) is 38.5 Å². The number of halogens is 2. The summed E-state index contributed by atoms with van der Waals surface area (Å²) in [5.74, 6) is 0.360. The molecule has 0 fully saturated rings. The molecule has 0 saturated heterocycles. The van der Waals surface area contributed by atoms with Crippen molar-refractivity contribution in [3.63, 3.8) is 0 Å². The average Bonchev–Trinajstić information content (AvgIpc) is 2.10. The van der Waals surface area contributed by atoms with E-state index in [4.69, 9.17) is 11.6 Å². The minimum Gasteiger partial charge on any atom is -0.298 e. The summed E-state index contributed by atoms with van der Waals surface area (Å²) in [7, 11) is 0. The number of carbonyl (C=O) groups is 1. The summed E-state index contributed by atoms with van der Waals surface area (Å²) < 4.78 is 0. The number of hydrogen-bond donors (Lipinski definition) is 0. The monoisotopic (exact) mass is 254 g/mol. The highest BCUT2D eigenvalue weighted by atomic mass is 79.9. The van der Waals surface area contributed by atoms with Gasteiger partial charge in [-0.15, -0.1) is 11.6 Å². The molecule has 0 heterocycles. The van der Waals surface area contributed by atoms with Crippen LogP contribution in [0.4, 0.5) is 0 Å². The number of carbonyl (C=O) groups excluding carboxylic acids is 1. The van der Waals surface area contributed by atoms with Crippen LogP contribution < -0.4 is 0 Å². The number of unbranched alkanes of at least 4 members (excludes halogenated alkanes) is 4. The van der Waals surface area contributed by atoms with E-state index >= 15 is 0 Å². The molecule has 1 nitrogen and oxygen atoms in total. The van der Waals surface area contributed by atoms with Gasteiger partial charge in [0.25, 0.3) is 0 Å². The largest absolute Gasteiger partial charge is 0.298 e. The van der Waals surface area contributed by atoms with Crippen LogP contribution in [0, 0.1) is 0 Å². The van der Waals surface area contributed by atoms with E-state index in [1.54, 1.807) is 0 Å². The third kappa shape index (κ3) is 8.54. The van der Waals surface area contributed by atoms with E-state index in [1.165, 1.54) is 19.3 Å². The SMILES string of the molecule is O=C(CCl)CCCCCCCBr. The summed E-state index contributed by atoms with van der Waals surface area (Å²) in [6.07, 6.45) is 6.58. The van der Waals surface area contributed by atoms with Gasteiger partial charge in [-0.1, -0.05) is 35.2 Å². The maximum absolute atomic E-state index is 10.8. The zero-order valence-electron chi connectivity index (χ0n) is 7.32. The molecule has 0 aromatic carbocycles. The van der Waals surface area contributed by atoms with Gasteiger partial charge >= 0.3 is 0 Å². The summed E-state index contributed by atoms with van der Waals surface area (Å²) >= 11 is 8.74. The highest BCUT2D eigenvalue weighted by Gasteiger charge is 1.98. The Morgan fingerprint density at radius 1 is 1.08 bits per heavy atom. The molecule has 0 radical (unpaired) electrons. The van der Waals surface area contributed by atoms with Gasteiger partial charge in [0.1, 0.15) is 5.78 Å². The van der Waals surface area contributed by atoms with Crippen LogP contribution >= 0.6 is 27.5 Å². The second-order valence-electron chi connectivity index (χ2n) is 2.88. The minimum atomic E-state index is 0.178. The molecule has 0 atom stereocenters. The lowest BCUT2D eigenvalue weighted by atomic mass is 10.1. The fourth-order valence-corrected chi connectivity index (χ4v) is 1.54. The van der Waals surface area contributed by atoms with E-state index in [1.807, 2.05) is 0 Å². The quantitative estimate of drug-likeness (QED) is 0.479. The van der Waals surface area contributed by atoms with Gasteiger partial charge in [0, 0.05) is 11.8 Å². The van der Waals surface area contributed by atoms with Crippen LogP contribution in [0.3, 0.4) is 0 Å². The lowest BCUT2D eigenvalue weighted by Crippen LogP contribution is -1.98. The molecule has 0 aliphatic carbocycles. The Bertz CT molecular complexity index is 117. The summed E-state index contributed by atoms with van der Waals surface area (Å²) in [6.45, 7) is 0. The van der Waals surface area contributed by atoms with Gasteiger partial charge in [-0.25, -0.2) is 0 Å². The fraction of sp³-hybridized carbons (Fsp3) is 0.889. The molecule has 0 aromatic heterocycles. The Morgan fingerprint density at radius 2 is 1.67 bits per heavy atom. The Labute approximate surface area is 88.0 Å². The van der Waals surface area contributed by atoms with E-state index in [0.717, 1.165) is 18.2 Å². The summed E-state index contributed by atoms with van der Waals surface area (Å²) in [6, 6.07) is 0. The van der Waals surface area contributed by atoms with Gasteiger partial charge in [-0.3, -0.25) is 4.79 Å². The van der Waals surface area contributed by atoms with Crippen molar-refractivity contribution in [2.75, 3.05) is 11.2 Å². The first kappa shape index (κ1) is 12.4. The maximum atomic E-state index is 10.8. The molecule has 3 heteroatoms.